The lowest BCUT2D eigenvalue weighted by Gasteiger charge is -2.34. The van der Waals surface area contributed by atoms with E-state index in [1.54, 1.807) is 24.4 Å². The number of benzene rings is 1. The number of halogens is 1. The number of aliphatic hydroxyl groups is 1. The van der Waals surface area contributed by atoms with E-state index in [0.717, 1.165) is 29.5 Å². The molecule has 0 saturated carbocycles. The van der Waals surface area contributed by atoms with Gasteiger partial charge in [-0.2, -0.15) is 0 Å². The SMILES string of the molecule is O=C(/C=C/c1ccnc(Cl)c1)NCC1(O)CCCc2ccccc21. The summed E-state index contributed by atoms with van der Waals surface area (Å²) >= 11 is 5.81. The molecular formula is C19H19ClN2O2. The van der Waals surface area contributed by atoms with Gasteiger partial charge in [-0.05, 0) is 54.2 Å². The maximum atomic E-state index is 12.0. The van der Waals surface area contributed by atoms with E-state index >= 15 is 0 Å². The van der Waals surface area contributed by atoms with Gasteiger partial charge in [0.1, 0.15) is 10.8 Å². The van der Waals surface area contributed by atoms with Crippen molar-refractivity contribution in [2.75, 3.05) is 6.54 Å². The van der Waals surface area contributed by atoms with Gasteiger partial charge in [0.25, 0.3) is 0 Å². The summed E-state index contributed by atoms with van der Waals surface area (Å²) in [5.74, 6) is -0.251. The molecule has 3 rings (SSSR count). The van der Waals surface area contributed by atoms with Crippen LogP contribution in [0.3, 0.4) is 0 Å². The minimum absolute atomic E-state index is 0.199. The van der Waals surface area contributed by atoms with Gasteiger partial charge < -0.3 is 10.4 Å². The van der Waals surface area contributed by atoms with E-state index in [1.807, 2.05) is 24.3 Å². The number of fused-ring (bicyclic) bond motifs is 1. The molecule has 1 unspecified atom stereocenters. The van der Waals surface area contributed by atoms with Crippen LogP contribution in [0.1, 0.15) is 29.5 Å². The van der Waals surface area contributed by atoms with Gasteiger partial charge in [0.2, 0.25) is 5.91 Å². The second-order valence-electron chi connectivity index (χ2n) is 6.01. The summed E-state index contributed by atoms with van der Waals surface area (Å²) in [6, 6.07) is 11.3. The van der Waals surface area contributed by atoms with Crippen molar-refractivity contribution in [3.63, 3.8) is 0 Å². The van der Waals surface area contributed by atoms with Gasteiger partial charge >= 0.3 is 0 Å². The average molecular weight is 343 g/mol. The first kappa shape index (κ1) is 16.7. The third-order valence-corrected chi connectivity index (χ3v) is 4.49. The van der Waals surface area contributed by atoms with E-state index in [2.05, 4.69) is 10.3 Å². The Kier molecular flexibility index (Phi) is 4.97. The van der Waals surface area contributed by atoms with Crippen LogP contribution in [-0.4, -0.2) is 22.5 Å². The fourth-order valence-electron chi connectivity index (χ4n) is 3.07. The van der Waals surface area contributed by atoms with Crippen molar-refractivity contribution >= 4 is 23.6 Å². The molecule has 1 aromatic carbocycles. The Morgan fingerprint density at radius 2 is 2.21 bits per heavy atom. The Bertz CT molecular complexity index is 775. The highest BCUT2D eigenvalue weighted by Gasteiger charge is 2.34. The number of aryl methyl sites for hydroxylation is 1. The van der Waals surface area contributed by atoms with E-state index < -0.39 is 5.60 Å². The quantitative estimate of drug-likeness (QED) is 0.663. The zero-order valence-electron chi connectivity index (χ0n) is 13.2. The predicted molar refractivity (Wildman–Crippen MR) is 94.6 cm³/mol. The van der Waals surface area contributed by atoms with Crippen molar-refractivity contribution in [3.8, 4) is 0 Å². The molecule has 1 aromatic heterocycles. The Morgan fingerprint density at radius 3 is 3.04 bits per heavy atom. The monoisotopic (exact) mass is 342 g/mol. The molecule has 124 valence electrons. The smallest absolute Gasteiger partial charge is 0.244 e. The van der Waals surface area contributed by atoms with Crippen LogP contribution in [0.4, 0.5) is 0 Å². The van der Waals surface area contributed by atoms with Crippen molar-refractivity contribution in [1.29, 1.82) is 0 Å². The first-order valence-corrected chi connectivity index (χ1v) is 8.33. The maximum absolute atomic E-state index is 12.0. The number of hydrogen-bond acceptors (Lipinski definition) is 3. The molecule has 1 aliphatic carbocycles. The highest BCUT2D eigenvalue weighted by atomic mass is 35.5. The number of amides is 1. The number of hydrogen-bond donors (Lipinski definition) is 2. The van der Waals surface area contributed by atoms with E-state index in [4.69, 9.17) is 11.6 Å². The number of nitrogens with one attached hydrogen (secondary N) is 1. The van der Waals surface area contributed by atoms with E-state index in [-0.39, 0.29) is 12.5 Å². The Labute approximate surface area is 146 Å². The van der Waals surface area contributed by atoms with Crippen LogP contribution < -0.4 is 5.32 Å². The lowest BCUT2D eigenvalue weighted by molar-refractivity contribution is -0.118. The fraction of sp³-hybridized carbons (Fsp3) is 0.263. The third-order valence-electron chi connectivity index (χ3n) is 4.29. The summed E-state index contributed by atoms with van der Waals surface area (Å²) in [5.41, 5.74) is 1.87. The first-order chi connectivity index (χ1) is 11.6. The molecule has 1 heterocycles. The van der Waals surface area contributed by atoms with Gasteiger partial charge in [-0.3, -0.25) is 4.79 Å². The van der Waals surface area contributed by atoms with Crippen molar-refractivity contribution in [2.24, 2.45) is 0 Å². The van der Waals surface area contributed by atoms with E-state index in [1.165, 1.54) is 6.08 Å². The molecule has 1 atom stereocenters. The second-order valence-corrected chi connectivity index (χ2v) is 6.39. The molecule has 2 aromatic rings. The van der Waals surface area contributed by atoms with Gasteiger partial charge in [0.05, 0.1) is 6.54 Å². The molecule has 24 heavy (non-hydrogen) atoms. The average Bonchev–Trinajstić information content (AvgIpc) is 2.59. The molecule has 0 spiro atoms. The molecule has 2 N–H and O–H groups in total. The van der Waals surface area contributed by atoms with Crippen LogP contribution in [0.15, 0.2) is 48.7 Å². The number of aromatic nitrogens is 1. The third kappa shape index (κ3) is 3.83. The van der Waals surface area contributed by atoms with E-state index in [9.17, 15) is 9.90 Å². The van der Waals surface area contributed by atoms with Gasteiger partial charge in [-0.25, -0.2) is 4.98 Å². The van der Waals surface area contributed by atoms with Crippen molar-refractivity contribution in [3.05, 3.63) is 70.5 Å². The standard InChI is InChI=1S/C19H19ClN2O2/c20-17-12-14(9-11-21-17)7-8-18(23)22-13-19(24)10-3-5-15-4-1-2-6-16(15)19/h1-2,4,6-9,11-12,24H,3,5,10,13H2,(H,22,23)/b8-7+. The van der Waals surface area contributed by atoms with Crippen molar-refractivity contribution < 1.29 is 9.90 Å². The Balaban J connectivity index is 1.64. The normalized spacial score (nSPS) is 19.9. The van der Waals surface area contributed by atoms with Gasteiger partial charge in [-0.1, -0.05) is 35.9 Å². The number of pyridine rings is 1. The lowest BCUT2D eigenvalue weighted by Crippen LogP contribution is -2.42. The van der Waals surface area contributed by atoms with Crippen LogP contribution in [0.2, 0.25) is 5.15 Å². The molecule has 1 aliphatic rings. The second kappa shape index (κ2) is 7.16. The number of rotatable bonds is 4. The van der Waals surface area contributed by atoms with Crippen LogP contribution in [0.25, 0.3) is 6.08 Å². The molecule has 0 radical (unpaired) electrons. The van der Waals surface area contributed by atoms with Crippen LogP contribution in [0, 0.1) is 0 Å². The summed E-state index contributed by atoms with van der Waals surface area (Å²) in [6.07, 6.45) is 7.21. The number of carbonyl (C=O) groups is 1. The van der Waals surface area contributed by atoms with Crippen molar-refractivity contribution in [1.82, 2.24) is 10.3 Å². The predicted octanol–water partition coefficient (Wildman–Crippen LogP) is 3.09. The van der Waals surface area contributed by atoms with Crippen molar-refractivity contribution in [2.45, 2.75) is 24.9 Å². The van der Waals surface area contributed by atoms with Gasteiger partial charge in [0, 0.05) is 12.3 Å². The molecule has 0 bridgehead atoms. The minimum atomic E-state index is -1.00. The molecule has 0 fully saturated rings. The molecule has 0 aliphatic heterocycles. The molecule has 0 saturated heterocycles. The van der Waals surface area contributed by atoms with Gasteiger partial charge in [0.15, 0.2) is 0 Å². The zero-order chi connectivity index (χ0) is 17.0. The zero-order valence-corrected chi connectivity index (χ0v) is 14.0. The van der Waals surface area contributed by atoms with E-state index in [0.29, 0.717) is 11.6 Å². The largest absolute Gasteiger partial charge is 0.383 e. The summed E-state index contributed by atoms with van der Waals surface area (Å²) in [4.78, 5) is 15.9. The Hall–Kier alpha value is -2.17. The highest BCUT2D eigenvalue weighted by molar-refractivity contribution is 6.29. The first-order valence-electron chi connectivity index (χ1n) is 7.95. The summed E-state index contributed by atoms with van der Waals surface area (Å²) in [5, 5.41) is 14.1. The molecular weight excluding hydrogens is 324 g/mol. The molecule has 5 heteroatoms. The van der Waals surface area contributed by atoms with Crippen LogP contribution >= 0.6 is 11.6 Å². The summed E-state index contributed by atoms with van der Waals surface area (Å²) in [6.45, 7) is 0.199. The summed E-state index contributed by atoms with van der Waals surface area (Å²) < 4.78 is 0. The molecule has 4 nitrogen and oxygen atoms in total. The van der Waals surface area contributed by atoms with Gasteiger partial charge in [-0.15, -0.1) is 0 Å². The number of carbonyl (C=O) groups excluding carboxylic acids is 1. The summed E-state index contributed by atoms with van der Waals surface area (Å²) in [7, 11) is 0. The highest BCUT2D eigenvalue weighted by Crippen LogP contribution is 2.34. The minimum Gasteiger partial charge on any atom is -0.383 e. The molecule has 1 amide bonds. The Morgan fingerprint density at radius 1 is 1.38 bits per heavy atom. The van der Waals surface area contributed by atoms with Crippen LogP contribution in [-0.2, 0) is 16.8 Å². The maximum Gasteiger partial charge on any atom is 0.244 e. The number of nitrogens with zero attached hydrogens (tertiary/aromatic N) is 1. The topological polar surface area (TPSA) is 62.2 Å². The fourth-order valence-corrected chi connectivity index (χ4v) is 3.25. The lowest BCUT2D eigenvalue weighted by atomic mass is 9.79. The van der Waals surface area contributed by atoms with Crippen LogP contribution in [0.5, 0.6) is 0 Å².